The van der Waals surface area contributed by atoms with Crippen LogP contribution in [0.25, 0.3) is 11.3 Å². The van der Waals surface area contributed by atoms with Gasteiger partial charge in [-0.15, -0.1) is 0 Å². The molecule has 12 nitrogen and oxygen atoms in total. The molecule has 1 amide bonds. The predicted octanol–water partition coefficient (Wildman–Crippen LogP) is 3.30. The molecule has 1 aromatic heterocycles. The number of hydrogen-bond donors (Lipinski definition) is 5. The van der Waals surface area contributed by atoms with Crippen LogP contribution in [-0.4, -0.2) is 74.7 Å². The molecular formula is C25H24Cl2N4O8. The number of benzene rings is 2. The Morgan fingerprint density at radius 3 is 2.36 bits per heavy atom. The molecule has 0 fully saturated rings. The molecule has 3 rings (SSSR count). The van der Waals surface area contributed by atoms with Crippen LogP contribution in [-0.2, 0) is 20.9 Å². The third kappa shape index (κ3) is 8.79. The van der Waals surface area contributed by atoms with Gasteiger partial charge in [0.25, 0.3) is 0 Å². The van der Waals surface area contributed by atoms with Crippen LogP contribution in [0, 0.1) is 0 Å². The van der Waals surface area contributed by atoms with Gasteiger partial charge in [0.2, 0.25) is 11.8 Å². The van der Waals surface area contributed by atoms with E-state index in [0.717, 1.165) is 4.90 Å². The van der Waals surface area contributed by atoms with Gasteiger partial charge >= 0.3 is 17.9 Å². The Morgan fingerprint density at radius 2 is 1.69 bits per heavy atom. The predicted molar refractivity (Wildman–Crippen MR) is 141 cm³/mol. The summed E-state index contributed by atoms with van der Waals surface area (Å²) in [5, 5.41) is 34.0. The zero-order valence-corrected chi connectivity index (χ0v) is 21.8. The molecule has 0 saturated carbocycles. The number of carbonyl (C=O) groups is 4. The Labute approximate surface area is 232 Å². The van der Waals surface area contributed by atoms with Crippen molar-refractivity contribution >= 4 is 52.7 Å². The number of hydrogen-bond acceptors (Lipinski definition) is 8. The van der Waals surface area contributed by atoms with Gasteiger partial charge in [0, 0.05) is 17.1 Å². The first-order chi connectivity index (χ1) is 18.5. The summed E-state index contributed by atoms with van der Waals surface area (Å²) in [5.74, 6) is -3.79. The summed E-state index contributed by atoms with van der Waals surface area (Å²) in [6.07, 6.45) is 1.42. The summed E-state index contributed by atoms with van der Waals surface area (Å²) in [6.45, 7) is -1.22. The minimum absolute atomic E-state index is 0.0185. The Kier molecular flexibility index (Phi) is 10.4. The molecule has 0 bridgehead atoms. The number of aromatic nitrogens is 1. The number of nitrogens with one attached hydrogen (secondary N) is 2. The van der Waals surface area contributed by atoms with Crippen molar-refractivity contribution in [3.8, 4) is 11.3 Å². The number of para-hydroxylation sites is 1. The lowest BCUT2D eigenvalue weighted by Gasteiger charge is -2.23. The highest BCUT2D eigenvalue weighted by Gasteiger charge is 2.24. The number of nitrogens with zero attached hydrogens (tertiary/aromatic N) is 2. The van der Waals surface area contributed by atoms with Crippen molar-refractivity contribution in [1.29, 1.82) is 0 Å². The smallest absolute Gasteiger partial charge is 0.337 e. The molecule has 0 radical (unpaired) electrons. The molecule has 1 unspecified atom stereocenters. The molecule has 3 aromatic rings. The van der Waals surface area contributed by atoms with Crippen molar-refractivity contribution in [3.63, 3.8) is 0 Å². The summed E-state index contributed by atoms with van der Waals surface area (Å²) < 4.78 is 5.74. The molecule has 1 atom stereocenters. The molecule has 0 aliphatic rings. The summed E-state index contributed by atoms with van der Waals surface area (Å²) in [5.41, 5.74) is 0.447. The fourth-order valence-electron chi connectivity index (χ4n) is 3.65. The van der Waals surface area contributed by atoms with E-state index in [0.29, 0.717) is 21.4 Å². The van der Waals surface area contributed by atoms with E-state index < -0.39 is 42.9 Å². The minimum atomic E-state index is -1.24. The van der Waals surface area contributed by atoms with Gasteiger partial charge in [0.05, 0.1) is 48.1 Å². The maximum absolute atomic E-state index is 13.2. The maximum atomic E-state index is 13.2. The summed E-state index contributed by atoms with van der Waals surface area (Å²) in [4.78, 5) is 52.4. The van der Waals surface area contributed by atoms with Gasteiger partial charge < -0.3 is 25.1 Å². The van der Waals surface area contributed by atoms with E-state index in [1.165, 1.54) is 24.4 Å². The Bertz CT molecular complexity index is 1350. The van der Waals surface area contributed by atoms with Crippen LogP contribution in [0.4, 0.5) is 5.69 Å². The molecule has 0 aliphatic heterocycles. The zero-order chi connectivity index (χ0) is 28.5. The van der Waals surface area contributed by atoms with Crippen LogP contribution in [0.3, 0.4) is 0 Å². The quantitative estimate of drug-likeness (QED) is 0.189. The number of carboxylic acid groups (broad SMARTS) is 3. The van der Waals surface area contributed by atoms with Gasteiger partial charge in [-0.1, -0.05) is 35.3 Å². The first kappa shape index (κ1) is 29.6. The third-order valence-corrected chi connectivity index (χ3v) is 6.00. The zero-order valence-electron chi connectivity index (χ0n) is 20.3. The standard InChI is InChI=1S/C25H24Cl2N4O8/c26-14-5-6-17(27)16(9-14)20-10-29-21(39-20)11-28-19(7-8-31(12-22(32)33)13-23(34)35)24(36)30-18-4-2-1-3-15(18)25(37)38/h1-6,9-10,19,28H,7-8,11-13H2,(H,30,36)(H,32,33)(H,34,35)(H,37,38). The Morgan fingerprint density at radius 1 is 1.00 bits per heavy atom. The van der Waals surface area contributed by atoms with Crippen LogP contribution in [0.2, 0.25) is 10.0 Å². The fourth-order valence-corrected chi connectivity index (χ4v) is 4.03. The number of amides is 1. The van der Waals surface area contributed by atoms with E-state index in [9.17, 15) is 24.3 Å². The molecular weight excluding hydrogens is 555 g/mol. The van der Waals surface area contributed by atoms with Crippen molar-refractivity contribution in [2.24, 2.45) is 0 Å². The van der Waals surface area contributed by atoms with Gasteiger partial charge in [-0.2, -0.15) is 0 Å². The number of halogens is 2. The van der Waals surface area contributed by atoms with Crippen LogP contribution < -0.4 is 10.6 Å². The van der Waals surface area contributed by atoms with Crippen molar-refractivity contribution in [2.45, 2.75) is 19.0 Å². The Balaban J connectivity index is 1.78. The molecule has 39 heavy (non-hydrogen) atoms. The highest BCUT2D eigenvalue weighted by atomic mass is 35.5. The molecule has 0 spiro atoms. The van der Waals surface area contributed by atoms with Crippen LogP contribution in [0.1, 0.15) is 22.7 Å². The fraction of sp³-hybridized carbons (Fsp3) is 0.240. The van der Waals surface area contributed by atoms with Crippen molar-refractivity contribution in [1.82, 2.24) is 15.2 Å². The summed E-state index contributed by atoms with van der Waals surface area (Å²) in [6, 6.07) is 9.65. The lowest BCUT2D eigenvalue weighted by atomic mass is 10.1. The van der Waals surface area contributed by atoms with Gasteiger partial charge in [-0.25, -0.2) is 9.78 Å². The van der Waals surface area contributed by atoms with Gasteiger partial charge in [0.1, 0.15) is 0 Å². The van der Waals surface area contributed by atoms with E-state index >= 15 is 0 Å². The van der Waals surface area contributed by atoms with Gasteiger partial charge in [-0.3, -0.25) is 24.6 Å². The second-order valence-corrected chi connectivity index (χ2v) is 9.15. The van der Waals surface area contributed by atoms with E-state index in [4.69, 9.17) is 37.8 Å². The van der Waals surface area contributed by atoms with E-state index in [-0.39, 0.29) is 36.7 Å². The topological polar surface area (TPSA) is 182 Å². The number of rotatable bonds is 14. The second-order valence-electron chi connectivity index (χ2n) is 8.30. The van der Waals surface area contributed by atoms with Crippen molar-refractivity contribution in [3.05, 3.63) is 70.2 Å². The SMILES string of the molecule is O=C(O)CN(CCC(NCc1ncc(-c2cc(Cl)ccc2Cl)o1)C(=O)Nc1ccccc1C(=O)O)CC(=O)O. The van der Waals surface area contributed by atoms with Crippen LogP contribution in [0.15, 0.2) is 53.1 Å². The van der Waals surface area contributed by atoms with Crippen molar-refractivity contribution < 1.29 is 38.9 Å². The number of aromatic carboxylic acids is 1. The molecule has 0 aliphatic carbocycles. The summed E-state index contributed by atoms with van der Waals surface area (Å²) >= 11 is 12.3. The molecule has 5 N–H and O–H groups in total. The van der Waals surface area contributed by atoms with E-state index in [2.05, 4.69) is 15.6 Å². The normalized spacial score (nSPS) is 11.8. The van der Waals surface area contributed by atoms with Crippen molar-refractivity contribution in [2.75, 3.05) is 25.0 Å². The van der Waals surface area contributed by atoms with Gasteiger partial charge in [-0.05, 0) is 36.8 Å². The molecule has 0 saturated heterocycles. The number of aliphatic carboxylic acids is 2. The monoisotopic (exact) mass is 578 g/mol. The Hall–Kier alpha value is -3.97. The average Bonchev–Trinajstić information content (AvgIpc) is 3.33. The van der Waals surface area contributed by atoms with E-state index in [1.54, 1.807) is 24.3 Å². The number of carbonyl (C=O) groups excluding carboxylic acids is 1. The van der Waals surface area contributed by atoms with E-state index in [1.807, 2.05) is 0 Å². The highest BCUT2D eigenvalue weighted by Crippen LogP contribution is 2.31. The first-order valence-electron chi connectivity index (χ1n) is 11.5. The third-order valence-electron chi connectivity index (χ3n) is 5.43. The molecule has 206 valence electrons. The van der Waals surface area contributed by atoms with Gasteiger partial charge in [0.15, 0.2) is 5.76 Å². The first-order valence-corrected chi connectivity index (χ1v) is 12.2. The lowest BCUT2D eigenvalue weighted by molar-refractivity contribution is -0.141. The number of carboxylic acids is 3. The summed E-state index contributed by atoms with van der Waals surface area (Å²) in [7, 11) is 0. The minimum Gasteiger partial charge on any atom is -0.480 e. The molecule has 1 heterocycles. The second kappa shape index (κ2) is 13.7. The molecule has 14 heteroatoms. The number of oxazole rings is 1. The van der Waals surface area contributed by atoms with Crippen LogP contribution >= 0.6 is 23.2 Å². The lowest BCUT2D eigenvalue weighted by Crippen LogP contribution is -2.44. The van der Waals surface area contributed by atoms with Crippen LogP contribution in [0.5, 0.6) is 0 Å². The largest absolute Gasteiger partial charge is 0.480 e. The maximum Gasteiger partial charge on any atom is 0.337 e. The molecule has 2 aromatic carbocycles. The highest BCUT2D eigenvalue weighted by molar-refractivity contribution is 6.35. The number of anilines is 1. The average molecular weight is 579 g/mol.